The second kappa shape index (κ2) is 4.62. The highest BCUT2D eigenvalue weighted by Gasteiger charge is 2.19. The number of hydrogen-bond acceptors (Lipinski definition) is 7. The molecule has 0 saturated carbocycles. The molecule has 0 N–H and O–H groups in total. The first-order valence-corrected chi connectivity index (χ1v) is 6.33. The Bertz CT molecular complexity index is 451. The maximum Gasteiger partial charge on any atom is 0.228 e. The van der Waals surface area contributed by atoms with E-state index in [4.69, 9.17) is 0 Å². The lowest BCUT2D eigenvalue weighted by Crippen LogP contribution is -2.47. The summed E-state index contributed by atoms with van der Waals surface area (Å²) in [6.45, 7) is 3.76. The van der Waals surface area contributed by atoms with Gasteiger partial charge in [0.1, 0.15) is 12.7 Å². The molecule has 2 aromatic rings. The third-order valence-electron chi connectivity index (χ3n) is 2.73. The third-order valence-corrected chi connectivity index (χ3v) is 3.56. The number of thiazole rings is 1. The van der Waals surface area contributed by atoms with Crippen molar-refractivity contribution in [1.29, 1.82) is 0 Å². The van der Waals surface area contributed by atoms with Crippen LogP contribution in [0.25, 0.3) is 0 Å². The van der Waals surface area contributed by atoms with Gasteiger partial charge in [-0.1, -0.05) is 0 Å². The standard InChI is InChI=1S/C10H12N6S/c1-6-17-10(12-1)16-4-2-15(3-5-16)9-13-7-11-8-14-9/h1,6-8H,2-5H2. The van der Waals surface area contributed by atoms with E-state index in [-0.39, 0.29) is 0 Å². The van der Waals surface area contributed by atoms with Crippen molar-refractivity contribution in [3.63, 3.8) is 0 Å². The largest absolute Gasteiger partial charge is 0.345 e. The lowest BCUT2D eigenvalue weighted by molar-refractivity contribution is 0.637. The first-order chi connectivity index (χ1) is 8.43. The molecule has 1 saturated heterocycles. The van der Waals surface area contributed by atoms with Crippen LogP contribution < -0.4 is 9.80 Å². The van der Waals surface area contributed by atoms with Gasteiger partial charge in [-0.25, -0.2) is 19.9 Å². The van der Waals surface area contributed by atoms with Crippen molar-refractivity contribution in [2.45, 2.75) is 0 Å². The average molecular weight is 248 g/mol. The molecule has 1 aliphatic heterocycles. The average Bonchev–Trinajstić information content (AvgIpc) is 2.94. The Labute approximate surface area is 103 Å². The summed E-state index contributed by atoms with van der Waals surface area (Å²) in [5.41, 5.74) is 0. The van der Waals surface area contributed by atoms with Gasteiger partial charge >= 0.3 is 0 Å². The van der Waals surface area contributed by atoms with E-state index in [1.165, 1.54) is 12.7 Å². The molecule has 0 amide bonds. The lowest BCUT2D eigenvalue weighted by Gasteiger charge is -2.34. The maximum absolute atomic E-state index is 4.32. The summed E-state index contributed by atoms with van der Waals surface area (Å²) >= 11 is 1.68. The van der Waals surface area contributed by atoms with Crippen molar-refractivity contribution in [3.8, 4) is 0 Å². The predicted molar refractivity (Wildman–Crippen MR) is 66.4 cm³/mol. The Morgan fingerprint density at radius 2 is 1.65 bits per heavy atom. The summed E-state index contributed by atoms with van der Waals surface area (Å²) in [7, 11) is 0. The van der Waals surface area contributed by atoms with Gasteiger partial charge in [0.05, 0.1) is 0 Å². The molecule has 3 heterocycles. The Morgan fingerprint density at radius 3 is 2.29 bits per heavy atom. The number of hydrogen-bond donors (Lipinski definition) is 0. The molecule has 0 atom stereocenters. The molecule has 0 radical (unpaired) electrons. The molecule has 1 aliphatic rings. The van der Waals surface area contributed by atoms with Crippen LogP contribution in [-0.2, 0) is 0 Å². The van der Waals surface area contributed by atoms with E-state index in [9.17, 15) is 0 Å². The highest BCUT2D eigenvalue weighted by atomic mass is 32.1. The minimum Gasteiger partial charge on any atom is -0.345 e. The number of piperazine rings is 1. The highest BCUT2D eigenvalue weighted by Crippen LogP contribution is 2.19. The molecule has 0 bridgehead atoms. The Balaban J connectivity index is 1.65. The molecule has 17 heavy (non-hydrogen) atoms. The van der Waals surface area contributed by atoms with Crippen molar-refractivity contribution in [2.75, 3.05) is 36.0 Å². The predicted octanol–water partition coefficient (Wildman–Crippen LogP) is 0.655. The van der Waals surface area contributed by atoms with Crippen LogP contribution in [0.4, 0.5) is 11.1 Å². The smallest absolute Gasteiger partial charge is 0.228 e. The molecule has 1 fully saturated rings. The molecule has 2 aromatic heterocycles. The quantitative estimate of drug-likeness (QED) is 0.778. The zero-order valence-electron chi connectivity index (χ0n) is 9.23. The van der Waals surface area contributed by atoms with E-state index in [1.54, 1.807) is 11.3 Å². The summed E-state index contributed by atoms with van der Waals surface area (Å²) in [4.78, 5) is 20.9. The summed E-state index contributed by atoms with van der Waals surface area (Å²) in [6.07, 6.45) is 4.92. The van der Waals surface area contributed by atoms with Gasteiger partial charge in [-0.15, -0.1) is 11.3 Å². The van der Waals surface area contributed by atoms with Crippen molar-refractivity contribution in [1.82, 2.24) is 19.9 Å². The molecule has 7 heteroatoms. The van der Waals surface area contributed by atoms with Gasteiger partial charge in [0.2, 0.25) is 5.95 Å². The fraction of sp³-hybridized carbons (Fsp3) is 0.400. The van der Waals surface area contributed by atoms with E-state index in [2.05, 4.69) is 29.7 Å². The fourth-order valence-electron chi connectivity index (χ4n) is 1.87. The second-order valence-corrected chi connectivity index (χ2v) is 4.60. The molecule has 0 unspecified atom stereocenters. The normalized spacial score (nSPS) is 16.2. The van der Waals surface area contributed by atoms with Crippen molar-refractivity contribution in [3.05, 3.63) is 24.2 Å². The molecule has 88 valence electrons. The molecule has 0 aromatic carbocycles. The van der Waals surface area contributed by atoms with Gasteiger partial charge in [0.25, 0.3) is 0 Å². The second-order valence-electron chi connectivity index (χ2n) is 3.73. The Morgan fingerprint density at radius 1 is 0.941 bits per heavy atom. The summed E-state index contributed by atoms with van der Waals surface area (Å²) in [5.74, 6) is 0.763. The van der Waals surface area contributed by atoms with Crippen molar-refractivity contribution >= 4 is 22.4 Å². The number of nitrogens with zero attached hydrogens (tertiary/aromatic N) is 6. The molecule has 3 rings (SSSR count). The molecule has 0 spiro atoms. The van der Waals surface area contributed by atoms with Crippen LogP contribution >= 0.6 is 11.3 Å². The number of rotatable bonds is 2. The molecule has 0 aliphatic carbocycles. The first kappa shape index (κ1) is 10.4. The van der Waals surface area contributed by atoms with Crippen molar-refractivity contribution < 1.29 is 0 Å². The zero-order chi connectivity index (χ0) is 11.5. The SMILES string of the molecule is c1ncnc(N2CCN(c3nccs3)CC2)n1. The topological polar surface area (TPSA) is 58.0 Å². The summed E-state index contributed by atoms with van der Waals surface area (Å²) < 4.78 is 0. The van der Waals surface area contributed by atoms with Crippen LogP contribution in [0.15, 0.2) is 24.2 Å². The molecular formula is C10H12N6S. The van der Waals surface area contributed by atoms with Gasteiger partial charge in [-0.3, -0.25) is 0 Å². The molecular weight excluding hydrogens is 236 g/mol. The third kappa shape index (κ3) is 2.19. The van der Waals surface area contributed by atoms with Crippen LogP contribution in [0.5, 0.6) is 0 Å². The first-order valence-electron chi connectivity index (χ1n) is 5.45. The van der Waals surface area contributed by atoms with Crippen LogP contribution in [0.2, 0.25) is 0 Å². The van der Waals surface area contributed by atoms with Gasteiger partial charge in [-0.05, 0) is 0 Å². The van der Waals surface area contributed by atoms with E-state index in [0.717, 1.165) is 37.3 Å². The van der Waals surface area contributed by atoms with Crippen molar-refractivity contribution in [2.24, 2.45) is 0 Å². The van der Waals surface area contributed by atoms with Gasteiger partial charge in [0.15, 0.2) is 5.13 Å². The van der Waals surface area contributed by atoms with Crippen LogP contribution in [-0.4, -0.2) is 46.1 Å². The van der Waals surface area contributed by atoms with E-state index < -0.39 is 0 Å². The Hall–Kier alpha value is -1.76. The van der Waals surface area contributed by atoms with E-state index >= 15 is 0 Å². The van der Waals surface area contributed by atoms with Gasteiger partial charge in [-0.2, -0.15) is 0 Å². The highest BCUT2D eigenvalue weighted by molar-refractivity contribution is 7.13. The lowest BCUT2D eigenvalue weighted by atomic mass is 10.3. The maximum atomic E-state index is 4.32. The van der Waals surface area contributed by atoms with Crippen LogP contribution in [0, 0.1) is 0 Å². The molecule has 6 nitrogen and oxygen atoms in total. The van der Waals surface area contributed by atoms with Gasteiger partial charge < -0.3 is 9.80 Å². The van der Waals surface area contributed by atoms with Crippen LogP contribution in [0.1, 0.15) is 0 Å². The minimum absolute atomic E-state index is 0.763. The summed E-state index contributed by atoms with van der Waals surface area (Å²) in [6, 6.07) is 0. The van der Waals surface area contributed by atoms with Crippen LogP contribution in [0.3, 0.4) is 0 Å². The monoisotopic (exact) mass is 248 g/mol. The minimum atomic E-state index is 0.763. The fourth-order valence-corrected chi connectivity index (χ4v) is 2.56. The zero-order valence-corrected chi connectivity index (χ0v) is 10.0. The van der Waals surface area contributed by atoms with E-state index in [1.807, 2.05) is 11.6 Å². The van der Waals surface area contributed by atoms with Gasteiger partial charge in [0, 0.05) is 37.8 Å². The number of anilines is 2. The van der Waals surface area contributed by atoms with E-state index in [0.29, 0.717) is 0 Å². The summed E-state index contributed by atoms with van der Waals surface area (Å²) in [5, 5.41) is 3.11. The Kier molecular flexibility index (Phi) is 2.83. The number of aromatic nitrogens is 4.